The van der Waals surface area contributed by atoms with Gasteiger partial charge in [0.05, 0.1) is 31.0 Å². The molecule has 34 heavy (non-hydrogen) atoms. The summed E-state index contributed by atoms with van der Waals surface area (Å²) in [5.41, 5.74) is 1.85. The molecule has 1 N–H and O–H groups in total. The first kappa shape index (κ1) is 22.7. The lowest BCUT2D eigenvalue weighted by Gasteiger charge is -2.15. The van der Waals surface area contributed by atoms with Crippen molar-refractivity contribution in [3.63, 3.8) is 0 Å². The van der Waals surface area contributed by atoms with Gasteiger partial charge >= 0.3 is 0 Å². The van der Waals surface area contributed by atoms with E-state index in [1.807, 2.05) is 13.0 Å². The number of carbonyl (C=O) groups is 2. The van der Waals surface area contributed by atoms with Gasteiger partial charge in [0.15, 0.2) is 5.78 Å². The molecule has 0 saturated heterocycles. The number of nitrogens with zero attached hydrogens (tertiary/aromatic N) is 2. The van der Waals surface area contributed by atoms with Crippen LogP contribution < -0.4 is 20.2 Å². The molecule has 0 unspecified atom stereocenters. The number of nitrogens with one attached hydrogen (secondary N) is 1. The average Bonchev–Trinajstić information content (AvgIpc) is 2.86. The van der Waals surface area contributed by atoms with Gasteiger partial charge in [0.1, 0.15) is 18.0 Å². The van der Waals surface area contributed by atoms with Crippen molar-refractivity contribution in [2.24, 2.45) is 0 Å². The van der Waals surface area contributed by atoms with Crippen LogP contribution in [-0.4, -0.2) is 35.5 Å². The van der Waals surface area contributed by atoms with Gasteiger partial charge in [-0.3, -0.25) is 19.4 Å². The van der Waals surface area contributed by atoms with Crippen molar-refractivity contribution in [1.29, 1.82) is 0 Å². The normalized spacial score (nSPS) is 10.7. The maximum atomic E-state index is 13.2. The fraction of sp³-hybridized carbons (Fsp3) is 0.154. The fourth-order valence-corrected chi connectivity index (χ4v) is 3.71. The van der Waals surface area contributed by atoms with E-state index in [-0.39, 0.29) is 23.4 Å². The van der Waals surface area contributed by atoms with Crippen molar-refractivity contribution in [3.05, 3.63) is 94.0 Å². The smallest absolute Gasteiger partial charge is 0.244 e. The number of carbonyl (C=O) groups excluding carboxylic acids is 2. The quantitative estimate of drug-likeness (QED) is 0.426. The number of fused-ring (bicyclic) bond motifs is 1. The monoisotopic (exact) mass is 457 g/mol. The molecule has 4 aromatic rings. The molecule has 8 nitrogen and oxygen atoms in total. The summed E-state index contributed by atoms with van der Waals surface area (Å²) in [4.78, 5) is 43.2. The summed E-state index contributed by atoms with van der Waals surface area (Å²) in [5, 5.41) is 3.19. The first-order valence-electron chi connectivity index (χ1n) is 10.5. The lowest BCUT2D eigenvalue weighted by molar-refractivity contribution is -0.116. The minimum atomic E-state index is -0.429. The average molecular weight is 457 g/mol. The minimum absolute atomic E-state index is 0.0147. The summed E-state index contributed by atoms with van der Waals surface area (Å²) >= 11 is 0. The van der Waals surface area contributed by atoms with E-state index in [1.165, 1.54) is 25.7 Å². The highest BCUT2D eigenvalue weighted by Crippen LogP contribution is 2.29. The predicted octanol–water partition coefficient (Wildman–Crippen LogP) is 3.59. The molecule has 4 rings (SSSR count). The molecule has 1 amide bonds. The number of ether oxygens (including phenoxy) is 2. The van der Waals surface area contributed by atoms with Crippen LogP contribution in [0.15, 0.2) is 71.9 Å². The molecule has 2 aromatic carbocycles. The highest BCUT2D eigenvalue weighted by Gasteiger charge is 2.19. The Labute approximate surface area is 195 Å². The van der Waals surface area contributed by atoms with E-state index >= 15 is 0 Å². The molecule has 2 aromatic heterocycles. The lowest BCUT2D eigenvalue weighted by atomic mass is 10.0. The predicted molar refractivity (Wildman–Crippen MR) is 129 cm³/mol. The highest BCUT2D eigenvalue weighted by atomic mass is 16.5. The maximum Gasteiger partial charge on any atom is 0.244 e. The van der Waals surface area contributed by atoms with Crippen molar-refractivity contribution >= 4 is 28.3 Å². The van der Waals surface area contributed by atoms with E-state index in [1.54, 1.807) is 54.1 Å². The molecule has 0 saturated carbocycles. The zero-order chi connectivity index (χ0) is 24.2. The number of pyridine rings is 2. The highest BCUT2D eigenvalue weighted by molar-refractivity contribution is 6.10. The van der Waals surface area contributed by atoms with Gasteiger partial charge < -0.3 is 19.4 Å². The summed E-state index contributed by atoms with van der Waals surface area (Å²) in [5.74, 6) is 0.260. The van der Waals surface area contributed by atoms with E-state index in [9.17, 15) is 14.4 Å². The molecule has 0 spiro atoms. The zero-order valence-electron chi connectivity index (χ0n) is 19.0. The Hall–Kier alpha value is -4.46. The van der Waals surface area contributed by atoms with Gasteiger partial charge in [0.25, 0.3) is 0 Å². The SMILES string of the molecule is COc1ccc(NC(=O)Cn2cc(C(=O)c3ccncc3)c(=O)c3cc(C)ccc32)c(OC)c1. The Morgan fingerprint density at radius 3 is 2.47 bits per heavy atom. The van der Waals surface area contributed by atoms with Crippen molar-refractivity contribution in [3.8, 4) is 11.5 Å². The van der Waals surface area contributed by atoms with E-state index in [2.05, 4.69) is 10.3 Å². The summed E-state index contributed by atoms with van der Waals surface area (Å²) in [6, 6.07) is 13.5. The van der Waals surface area contributed by atoms with Crippen LogP contribution in [0.2, 0.25) is 0 Å². The molecule has 0 atom stereocenters. The van der Waals surface area contributed by atoms with E-state index in [0.717, 1.165) is 5.56 Å². The van der Waals surface area contributed by atoms with Crippen molar-refractivity contribution in [2.45, 2.75) is 13.5 Å². The molecule has 0 aliphatic carbocycles. The van der Waals surface area contributed by atoms with Crippen molar-refractivity contribution in [1.82, 2.24) is 9.55 Å². The number of methoxy groups -OCH3 is 2. The molecular formula is C26H23N3O5. The van der Waals surface area contributed by atoms with E-state index < -0.39 is 5.78 Å². The van der Waals surface area contributed by atoms with Crippen molar-refractivity contribution in [2.75, 3.05) is 19.5 Å². The summed E-state index contributed by atoms with van der Waals surface area (Å²) in [7, 11) is 3.04. The van der Waals surface area contributed by atoms with Gasteiger partial charge in [0, 0.05) is 35.6 Å². The number of aromatic nitrogens is 2. The van der Waals surface area contributed by atoms with E-state index in [0.29, 0.717) is 33.7 Å². The molecule has 0 aliphatic heterocycles. The van der Waals surface area contributed by atoms with Crippen LogP contribution in [0.5, 0.6) is 11.5 Å². The third kappa shape index (κ3) is 4.52. The van der Waals surface area contributed by atoms with Crippen LogP contribution in [0.1, 0.15) is 21.5 Å². The number of benzene rings is 2. The molecule has 172 valence electrons. The molecule has 0 radical (unpaired) electrons. The molecule has 0 aliphatic rings. The van der Waals surface area contributed by atoms with Gasteiger partial charge in [-0.2, -0.15) is 0 Å². The summed E-state index contributed by atoms with van der Waals surface area (Å²) < 4.78 is 12.1. The number of hydrogen-bond donors (Lipinski definition) is 1. The van der Waals surface area contributed by atoms with Gasteiger partial charge in [-0.15, -0.1) is 0 Å². The van der Waals surface area contributed by atoms with Crippen LogP contribution in [-0.2, 0) is 11.3 Å². The Kier molecular flexibility index (Phi) is 6.40. The van der Waals surface area contributed by atoms with Gasteiger partial charge in [-0.1, -0.05) is 11.6 Å². The molecule has 0 bridgehead atoms. The number of rotatable bonds is 7. The topological polar surface area (TPSA) is 99.5 Å². The third-order valence-corrected chi connectivity index (χ3v) is 5.42. The molecule has 8 heteroatoms. The maximum absolute atomic E-state index is 13.2. The van der Waals surface area contributed by atoms with Crippen LogP contribution in [0.25, 0.3) is 10.9 Å². The van der Waals surface area contributed by atoms with Gasteiger partial charge in [-0.25, -0.2) is 0 Å². The Morgan fingerprint density at radius 1 is 1.00 bits per heavy atom. The fourth-order valence-electron chi connectivity index (χ4n) is 3.71. The Bertz CT molecular complexity index is 1440. The number of anilines is 1. The third-order valence-electron chi connectivity index (χ3n) is 5.42. The standard InChI is InChI=1S/C26H23N3O5/c1-16-4-7-22-19(12-16)26(32)20(25(31)17-8-10-27-11-9-17)14-29(22)15-24(30)28-21-6-5-18(33-2)13-23(21)34-3/h4-14H,15H2,1-3H3,(H,28,30). The number of aryl methyl sites for hydroxylation is 1. The summed E-state index contributed by atoms with van der Waals surface area (Å²) in [6.07, 6.45) is 4.42. The van der Waals surface area contributed by atoms with Crippen LogP contribution >= 0.6 is 0 Å². The van der Waals surface area contributed by atoms with Crippen LogP contribution in [0.3, 0.4) is 0 Å². The largest absolute Gasteiger partial charge is 0.497 e. The van der Waals surface area contributed by atoms with Gasteiger partial charge in [0.2, 0.25) is 11.3 Å². The molecule has 0 fully saturated rings. The van der Waals surface area contributed by atoms with Crippen LogP contribution in [0.4, 0.5) is 5.69 Å². The number of hydrogen-bond acceptors (Lipinski definition) is 6. The lowest BCUT2D eigenvalue weighted by Crippen LogP contribution is -2.24. The number of amides is 1. The number of ketones is 1. The molecule has 2 heterocycles. The molecular weight excluding hydrogens is 434 g/mol. The Balaban J connectivity index is 1.73. The second-order valence-electron chi connectivity index (χ2n) is 7.70. The summed E-state index contributed by atoms with van der Waals surface area (Å²) in [6.45, 7) is 1.74. The van der Waals surface area contributed by atoms with Crippen LogP contribution in [0, 0.1) is 6.92 Å². The van der Waals surface area contributed by atoms with Gasteiger partial charge in [-0.05, 0) is 43.3 Å². The Morgan fingerprint density at radius 2 is 1.76 bits per heavy atom. The zero-order valence-corrected chi connectivity index (χ0v) is 19.0. The second kappa shape index (κ2) is 9.58. The minimum Gasteiger partial charge on any atom is -0.497 e. The van der Waals surface area contributed by atoms with Crippen molar-refractivity contribution < 1.29 is 19.1 Å². The van der Waals surface area contributed by atoms with E-state index in [4.69, 9.17) is 9.47 Å². The second-order valence-corrected chi connectivity index (χ2v) is 7.70. The first-order valence-corrected chi connectivity index (χ1v) is 10.5. The first-order chi connectivity index (χ1) is 16.4.